The molecule has 1 aliphatic carbocycles. The molecule has 23 heavy (non-hydrogen) atoms. The maximum absolute atomic E-state index is 12.8. The summed E-state index contributed by atoms with van der Waals surface area (Å²) >= 11 is 0. The molecule has 1 saturated carbocycles. The summed E-state index contributed by atoms with van der Waals surface area (Å²) in [5.41, 5.74) is 0.513. The molecule has 1 aromatic carbocycles. The van der Waals surface area contributed by atoms with Gasteiger partial charge in [0.05, 0.1) is 5.41 Å². The maximum Gasteiger partial charge on any atom is 0.414 e. The summed E-state index contributed by atoms with van der Waals surface area (Å²) in [6.45, 7) is 0.566. The molecule has 3 rings (SSSR count). The number of carbonyl (C=O) groups is 1. The highest BCUT2D eigenvalue weighted by Crippen LogP contribution is 2.50. The largest absolute Gasteiger partial charge is 0.414 e. The fourth-order valence-electron chi connectivity index (χ4n) is 3.50. The SMILES string of the molecule is O=C(N1CCC(C(O)C(F)(F)F)CC1)C1(c2ccccc2)CC1. The fraction of sp³-hybridized carbons (Fsp3) is 0.588. The van der Waals surface area contributed by atoms with Gasteiger partial charge < -0.3 is 10.0 Å². The highest BCUT2D eigenvalue weighted by molar-refractivity contribution is 5.91. The van der Waals surface area contributed by atoms with Crippen LogP contribution in [-0.4, -0.2) is 41.3 Å². The van der Waals surface area contributed by atoms with Gasteiger partial charge in [0.1, 0.15) is 0 Å². The number of hydrogen-bond donors (Lipinski definition) is 1. The third-order valence-electron chi connectivity index (χ3n) is 5.09. The Morgan fingerprint density at radius 1 is 1.17 bits per heavy atom. The summed E-state index contributed by atoms with van der Waals surface area (Å²) in [5, 5.41) is 9.36. The third-order valence-corrected chi connectivity index (χ3v) is 5.09. The van der Waals surface area contributed by atoms with Crippen LogP contribution in [0.2, 0.25) is 0 Å². The summed E-state index contributed by atoms with van der Waals surface area (Å²) in [4.78, 5) is 14.5. The van der Waals surface area contributed by atoms with Crippen molar-refractivity contribution in [2.24, 2.45) is 5.92 Å². The van der Waals surface area contributed by atoms with E-state index in [1.807, 2.05) is 30.3 Å². The second-order valence-corrected chi connectivity index (χ2v) is 6.56. The number of likely N-dealkylation sites (tertiary alicyclic amines) is 1. The van der Waals surface area contributed by atoms with Crippen molar-refractivity contribution in [1.82, 2.24) is 4.90 Å². The zero-order valence-electron chi connectivity index (χ0n) is 12.7. The molecule has 1 unspecified atom stereocenters. The van der Waals surface area contributed by atoms with Gasteiger partial charge in [0, 0.05) is 13.1 Å². The minimum absolute atomic E-state index is 0.0173. The van der Waals surface area contributed by atoms with Crippen LogP contribution in [0.3, 0.4) is 0 Å². The van der Waals surface area contributed by atoms with Crippen molar-refractivity contribution in [3.05, 3.63) is 35.9 Å². The minimum Gasteiger partial charge on any atom is -0.383 e. The Labute approximate surface area is 133 Å². The Hall–Kier alpha value is -1.56. The lowest BCUT2D eigenvalue weighted by atomic mass is 9.88. The predicted molar refractivity (Wildman–Crippen MR) is 78.7 cm³/mol. The van der Waals surface area contributed by atoms with Crippen LogP contribution in [0.5, 0.6) is 0 Å². The van der Waals surface area contributed by atoms with Gasteiger partial charge in [-0.05, 0) is 37.2 Å². The molecular formula is C17H20F3NO2. The lowest BCUT2D eigenvalue weighted by Gasteiger charge is -2.36. The minimum atomic E-state index is -4.58. The van der Waals surface area contributed by atoms with Gasteiger partial charge in [0.25, 0.3) is 0 Å². The zero-order chi connectivity index (χ0) is 16.7. The monoisotopic (exact) mass is 327 g/mol. The lowest BCUT2D eigenvalue weighted by molar-refractivity contribution is -0.223. The van der Waals surface area contributed by atoms with E-state index in [0.29, 0.717) is 0 Å². The number of piperidine rings is 1. The molecule has 0 radical (unpaired) electrons. The normalized spacial score (nSPS) is 22.7. The Kier molecular flexibility index (Phi) is 4.12. The number of benzene rings is 1. The molecule has 1 saturated heterocycles. The van der Waals surface area contributed by atoms with Gasteiger partial charge in [-0.25, -0.2) is 0 Å². The molecule has 1 atom stereocenters. The summed E-state index contributed by atoms with van der Waals surface area (Å²) in [6, 6.07) is 9.56. The average molecular weight is 327 g/mol. The van der Waals surface area contributed by atoms with Crippen LogP contribution >= 0.6 is 0 Å². The fourth-order valence-corrected chi connectivity index (χ4v) is 3.50. The molecule has 1 aliphatic heterocycles. The summed E-state index contributed by atoms with van der Waals surface area (Å²) < 4.78 is 37.7. The van der Waals surface area contributed by atoms with Crippen LogP contribution in [0, 0.1) is 5.92 Å². The first-order chi connectivity index (χ1) is 10.8. The van der Waals surface area contributed by atoms with Crippen molar-refractivity contribution >= 4 is 5.91 Å². The van der Waals surface area contributed by atoms with Crippen molar-refractivity contribution in [3.8, 4) is 0 Å². The van der Waals surface area contributed by atoms with Crippen LogP contribution in [0.4, 0.5) is 13.2 Å². The van der Waals surface area contributed by atoms with Crippen molar-refractivity contribution in [2.45, 2.75) is 43.4 Å². The Morgan fingerprint density at radius 2 is 1.74 bits per heavy atom. The first kappa shape index (κ1) is 16.3. The standard InChI is InChI=1S/C17H20F3NO2/c18-17(19,20)14(22)12-6-10-21(11-7-12)15(23)16(8-9-16)13-4-2-1-3-5-13/h1-5,12,14,22H,6-11H2. The van der Waals surface area contributed by atoms with E-state index in [1.54, 1.807) is 4.90 Å². The molecule has 3 nitrogen and oxygen atoms in total. The number of aliphatic hydroxyl groups excluding tert-OH is 1. The van der Waals surface area contributed by atoms with Gasteiger partial charge in [-0.1, -0.05) is 30.3 Å². The number of carbonyl (C=O) groups excluding carboxylic acids is 1. The summed E-state index contributed by atoms with van der Waals surface area (Å²) in [5.74, 6) is -0.797. The third kappa shape index (κ3) is 3.09. The molecular weight excluding hydrogens is 307 g/mol. The van der Waals surface area contributed by atoms with Crippen LogP contribution in [0.15, 0.2) is 30.3 Å². The molecule has 126 valence electrons. The van der Waals surface area contributed by atoms with Gasteiger partial charge in [-0.3, -0.25) is 4.79 Å². The van der Waals surface area contributed by atoms with E-state index in [9.17, 15) is 23.1 Å². The van der Waals surface area contributed by atoms with E-state index in [0.717, 1.165) is 18.4 Å². The van der Waals surface area contributed by atoms with Gasteiger partial charge in [-0.2, -0.15) is 13.2 Å². The van der Waals surface area contributed by atoms with Crippen molar-refractivity contribution in [3.63, 3.8) is 0 Å². The molecule has 1 aromatic rings. The molecule has 0 aromatic heterocycles. The Balaban J connectivity index is 1.63. The number of aliphatic hydroxyl groups is 1. The molecule has 2 fully saturated rings. The molecule has 2 aliphatic rings. The number of alkyl halides is 3. The second kappa shape index (κ2) is 5.82. The van der Waals surface area contributed by atoms with Gasteiger partial charge >= 0.3 is 6.18 Å². The Bertz CT molecular complexity index is 561. The van der Waals surface area contributed by atoms with E-state index >= 15 is 0 Å². The molecule has 1 amide bonds. The smallest absolute Gasteiger partial charge is 0.383 e. The highest BCUT2D eigenvalue weighted by atomic mass is 19.4. The van der Waals surface area contributed by atoms with E-state index in [-0.39, 0.29) is 31.8 Å². The van der Waals surface area contributed by atoms with E-state index in [1.165, 1.54) is 0 Å². The van der Waals surface area contributed by atoms with Crippen LogP contribution < -0.4 is 0 Å². The van der Waals surface area contributed by atoms with Crippen LogP contribution in [0.1, 0.15) is 31.2 Å². The van der Waals surface area contributed by atoms with Gasteiger partial charge in [0.15, 0.2) is 6.10 Å². The van der Waals surface area contributed by atoms with E-state index in [4.69, 9.17) is 0 Å². The number of amides is 1. The maximum atomic E-state index is 12.8. The quantitative estimate of drug-likeness (QED) is 0.927. The lowest BCUT2D eigenvalue weighted by Crippen LogP contribution is -2.47. The van der Waals surface area contributed by atoms with Crippen LogP contribution in [-0.2, 0) is 10.2 Å². The van der Waals surface area contributed by atoms with Crippen LogP contribution in [0.25, 0.3) is 0 Å². The van der Waals surface area contributed by atoms with Crippen molar-refractivity contribution in [2.75, 3.05) is 13.1 Å². The van der Waals surface area contributed by atoms with E-state index in [2.05, 4.69) is 0 Å². The number of hydrogen-bond acceptors (Lipinski definition) is 2. The van der Waals surface area contributed by atoms with Gasteiger partial charge in [-0.15, -0.1) is 0 Å². The molecule has 6 heteroatoms. The summed E-state index contributed by atoms with van der Waals surface area (Å²) in [7, 11) is 0. The molecule has 0 bridgehead atoms. The number of nitrogens with zero attached hydrogens (tertiary/aromatic N) is 1. The van der Waals surface area contributed by atoms with Gasteiger partial charge in [0.2, 0.25) is 5.91 Å². The average Bonchev–Trinajstić information content (AvgIpc) is 3.35. The predicted octanol–water partition coefficient (Wildman–Crippen LogP) is 2.88. The highest BCUT2D eigenvalue weighted by Gasteiger charge is 2.53. The number of halogens is 3. The second-order valence-electron chi connectivity index (χ2n) is 6.56. The zero-order valence-corrected chi connectivity index (χ0v) is 12.7. The van der Waals surface area contributed by atoms with Crippen molar-refractivity contribution in [1.29, 1.82) is 0 Å². The molecule has 0 spiro atoms. The molecule has 1 N–H and O–H groups in total. The topological polar surface area (TPSA) is 40.5 Å². The molecule has 1 heterocycles. The van der Waals surface area contributed by atoms with E-state index < -0.39 is 23.6 Å². The Morgan fingerprint density at radius 3 is 2.22 bits per heavy atom. The van der Waals surface area contributed by atoms with Crippen molar-refractivity contribution < 1.29 is 23.1 Å². The first-order valence-electron chi connectivity index (χ1n) is 7.94. The number of rotatable bonds is 3. The first-order valence-corrected chi connectivity index (χ1v) is 7.94. The summed E-state index contributed by atoms with van der Waals surface area (Å²) in [6.07, 6.45) is -4.90.